The highest BCUT2D eigenvalue weighted by Crippen LogP contribution is 2.13. The van der Waals surface area contributed by atoms with Gasteiger partial charge in [-0.15, -0.1) is 0 Å². The van der Waals surface area contributed by atoms with E-state index in [0.29, 0.717) is 17.3 Å². The zero-order valence-corrected chi connectivity index (χ0v) is 8.88. The Kier molecular flexibility index (Phi) is 2.40. The summed E-state index contributed by atoms with van der Waals surface area (Å²) in [6.45, 7) is 1.64. The third kappa shape index (κ3) is 1.65. The molecule has 0 saturated heterocycles. The van der Waals surface area contributed by atoms with Crippen LogP contribution in [0.5, 0.6) is 0 Å². The summed E-state index contributed by atoms with van der Waals surface area (Å²) >= 11 is 0. The van der Waals surface area contributed by atoms with Crippen molar-refractivity contribution < 1.29 is 9.90 Å². The van der Waals surface area contributed by atoms with Gasteiger partial charge in [-0.3, -0.25) is 0 Å². The maximum atomic E-state index is 10.8. The summed E-state index contributed by atoms with van der Waals surface area (Å²) in [4.78, 5) is 23.0. The summed E-state index contributed by atoms with van der Waals surface area (Å²) in [6.07, 6.45) is 4.72. The Morgan fingerprint density at radius 1 is 1.44 bits per heavy atom. The molecule has 2 heterocycles. The van der Waals surface area contributed by atoms with Crippen LogP contribution in [0.2, 0.25) is 0 Å². The average Bonchev–Trinajstić information content (AvgIpc) is 2.63. The number of aryl methyl sites for hydroxylation is 2. The van der Waals surface area contributed by atoms with E-state index in [0.717, 1.165) is 0 Å². The van der Waals surface area contributed by atoms with E-state index in [1.807, 2.05) is 7.05 Å². The monoisotopic (exact) mass is 218 g/mol. The number of aromatic carboxylic acids is 1. The Hall–Kier alpha value is -2.24. The lowest BCUT2D eigenvalue weighted by molar-refractivity contribution is 0.0695. The summed E-state index contributed by atoms with van der Waals surface area (Å²) < 4.78 is 1.77. The van der Waals surface area contributed by atoms with Gasteiger partial charge in [0.1, 0.15) is 0 Å². The fourth-order valence-corrected chi connectivity index (χ4v) is 1.37. The van der Waals surface area contributed by atoms with Crippen molar-refractivity contribution in [3.8, 4) is 11.6 Å². The van der Waals surface area contributed by atoms with Crippen LogP contribution in [0.1, 0.15) is 16.1 Å². The lowest BCUT2D eigenvalue weighted by atomic mass is 10.2. The molecular weight excluding hydrogens is 208 g/mol. The molecule has 0 unspecified atom stereocenters. The maximum Gasteiger partial charge on any atom is 0.339 e. The van der Waals surface area contributed by atoms with Crippen LogP contribution >= 0.6 is 0 Å². The molecule has 6 nitrogen and oxygen atoms in total. The highest BCUT2D eigenvalue weighted by Gasteiger charge is 2.12. The Labute approximate surface area is 91.6 Å². The molecule has 0 spiro atoms. The molecule has 0 saturated carbocycles. The van der Waals surface area contributed by atoms with Crippen molar-refractivity contribution >= 4 is 5.97 Å². The van der Waals surface area contributed by atoms with Gasteiger partial charge in [0.05, 0.1) is 11.3 Å². The third-order valence-electron chi connectivity index (χ3n) is 2.23. The van der Waals surface area contributed by atoms with Crippen molar-refractivity contribution in [2.75, 3.05) is 0 Å². The van der Waals surface area contributed by atoms with Crippen LogP contribution in [0, 0.1) is 6.92 Å². The molecule has 1 N–H and O–H groups in total. The molecule has 0 amide bonds. The van der Waals surface area contributed by atoms with E-state index in [4.69, 9.17) is 5.11 Å². The second-order valence-corrected chi connectivity index (χ2v) is 3.36. The highest BCUT2D eigenvalue weighted by molar-refractivity contribution is 5.88. The molecule has 0 aliphatic carbocycles. The highest BCUT2D eigenvalue weighted by atomic mass is 16.4. The zero-order valence-electron chi connectivity index (χ0n) is 8.88. The van der Waals surface area contributed by atoms with Gasteiger partial charge in [0, 0.05) is 25.6 Å². The molecule has 2 aromatic heterocycles. The molecule has 2 rings (SSSR count). The molecule has 2 aromatic rings. The first kappa shape index (κ1) is 10.3. The van der Waals surface area contributed by atoms with Gasteiger partial charge in [-0.2, -0.15) is 0 Å². The molecule has 0 bridgehead atoms. The van der Waals surface area contributed by atoms with Crippen LogP contribution in [0.15, 0.2) is 18.6 Å². The number of hydrogen-bond donors (Lipinski definition) is 1. The van der Waals surface area contributed by atoms with Gasteiger partial charge < -0.3 is 9.67 Å². The molecule has 0 aliphatic rings. The minimum atomic E-state index is -1.02. The van der Waals surface area contributed by atoms with Gasteiger partial charge in [-0.1, -0.05) is 0 Å². The largest absolute Gasteiger partial charge is 0.478 e. The minimum absolute atomic E-state index is 0.109. The number of carbonyl (C=O) groups is 1. The summed E-state index contributed by atoms with van der Waals surface area (Å²) in [5.74, 6) is 0.0129. The van der Waals surface area contributed by atoms with E-state index in [1.54, 1.807) is 23.9 Å². The van der Waals surface area contributed by atoms with Crippen molar-refractivity contribution in [2.45, 2.75) is 6.92 Å². The SMILES string of the molecule is Cc1nc(-c2nccn2C)ncc1C(=O)O. The zero-order chi connectivity index (χ0) is 11.7. The van der Waals surface area contributed by atoms with E-state index in [2.05, 4.69) is 15.0 Å². The number of rotatable bonds is 2. The van der Waals surface area contributed by atoms with E-state index < -0.39 is 5.97 Å². The second kappa shape index (κ2) is 3.73. The van der Waals surface area contributed by atoms with Crippen LogP contribution in [0.3, 0.4) is 0 Å². The van der Waals surface area contributed by atoms with Gasteiger partial charge in [-0.05, 0) is 6.92 Å². The second-order valence-electron chi connectivity index (χ2n) is 3.36. The van der Waals surface area contributed by atoms with Crippen LogP contribution < -0.4 is 0 Å². The molecule has 16 heavy (non-hydrogen) atoms. The first-order valence-electron chi connectivity index (χ1n) is 4.64. The van der Waals surface area contributed by atoms with E-state index in [1.165, 1.54) is 6.20 Å². The molecule has 0 atom stereocenters. The molecular formula is C10H10N4O2. The quantitative estimate of drug-likeness (QED) is 0.809. The average molecular weight is 218 g/mol. The molecule has 0 aromatic carbocycles. The Bertz CT molecular complexity index is 548. The third-order valence-corrected chi connectivity index (χ3v) is 2.23. The van der Waals surface area contributed by atoms with Crippen molar-refractivity contribution in [1.82, 2.24) is 19.5 Å². The fourth-order valence-electron chi connectivity index (χ4n) is 1.37. The van der Waals surface area contributed by atoms with E-state index in [-0.39, 0.29) is 5.56 Å². The van der Waals surface area contributed by atoms with Gasteiger partial charge in [0.15, 0.2) is 11.6 Å². The summed E-state index contributed by atoms with van der Waals surface area (Å²) in [5.41, 5.74) is 0.540. The Balaban J connectivity index is 2.50. The Morgan fingerprint density at radius 3 is 2.69 bits per heavy atom. The summed E-state index contributed by atoms with van der Waals surface area (Å²) in [6, 6.07) is 0. The van der Waals surface area contributed by atoms with E-state index >= 15 is 0 Å². The normalized spacial score (nSPS) is 10.4. The standard InChI is InChI=1S/C10H10N4O2/c1-6-7(10(15)16)5-12-8(13-6)9-11-3-4-14(9)2/h3-5H,1-2H3,(H,15,16). The first-order valence-corrected chi connectivity index (χ1v) is 4.64. The summed E-state index contributed by atoms with van der Waals surface area (Å²) in [7, 11) is 1.83. The molecule has 6 heteroatoms. The van der Waals surface area contributed by atoms with Gasteiger partial charge in [0.2, 0.25) is 0 Å². The van der Waals surface area contributed by atoms with Crippen molar-refractivity contribution in [3.05, 3.63) is 29.8 Å². The minimum Gasteiger partial charge on any atom is -0.478 e. The van der Waals surface area contributed by atoms with Crippen LogP contribution in [-0.4, -0.2) is 30.6 Å². The molecule has 82 valence electrons. The van der Waals surface area contributed by atoms with Crippen molar-refractivity contribution in [2.24, 2.45) is 7.05 Å². The van der Waals surface area contributed by atoms with Crippen molar-refractivity contribution in [1.29, 1.82) is 0 Å². The van der Waals surface area contributed by atoms with Gasteiger partial charge in [0.25, 0.3) is 0 Å². The first-order chi connectivity index (χ1) is 7.59. The molecule has 0 radical (unpaired) electrons. The lowest BCUT2D eigenvalue weighted by Crippen LogP contribution is -2.05. The van der Waals surface area contributed by atoms with Crippen LogP contribution in [0.25, 0.3) is 11.6 Å². The topological polar surface area (TPSA) is 80.9 Å². The van der Waals surface area contributed by atoms with E-state index in [9.17, 15) is 4.79 Å². The van der Waals surface area contributed by atoms with Crippen LogP contribution in [0.4, 0.5) is 0 Å². The number of imidazole rings is 1. The number of nitrogens with zero attached hydrogens (tertiary/aromatic N) is 4. The maximum absolute atomic E-state index is 10.8. The smallest absolute Gasteiger partial charge is 0.339 e. The summed E-state index contributed by atoms with van der Waals surface area (Å²) in [5, 5.41) is 8.84. The Morgan fingerprint density at radius 2 is 2.19 bits per heavy atom. The fraction of sp³-hybridized carbons (Fsp3) is 0.200. The predicted octanol–water partition coefficient (Wildman–Crippen LogP) is 0.884. The number of carboxylic acid groups (broad SMARTS) is 1. The van der Waals surface area contributed by atoms with Gasteiger partial charge in [-0.25, -0.2) is 19.7 Å². The lowest BCUT2D eigenvalue weighted by Gasteiger charge is -2.03. The van der Waals surface area contributed by atoms with Crippen LogP contribution in [-0.2, 0) is 7.05 Å². The number of carboxylic acids is 1. The van der Waals surface area contributed by atoms with Gasteiger partial charge >= 0.3 is 5.97 Å². The number of hydrogen-bond acceptors (Lipinski definition) is 4. The predicted molar refractivity (Wildman–Crippen MR) is 55.9 cm³/mol. The molecule has 0 aliphatic heterocycles. The van der Waals surface area contributed by atoms with Crippen molar-refractivity contribution in [3.63, 3.8) is 0 Å². The molecule has 0 fully saturated rings. The number of aromatic nitrogens is 4.